The molecule has 1 aliphatic heterocycles. The van der Waals surface area contributed by atoms with Gasteiger partial charge in [-0.2, -0.15) is 0 Å². The van der Waals surface area contributed by atoms with E-state index >= 15 is 8.78 Å². The smallest absolute Gasteiger partial charge is 0.343 e. The first kappa shape index (κ1) is 23.7. The third kappa shape index (κ3) is 2.37. The second-order valence-electron chi connectivity index (χ2n) is 7.42. The Kier molecular flexibility index (Phi) is 4.61. The SMILES string of the molecule is O=C1OC2(c3c(F)c(F)c(F)c(F)c31)c1c(F)c(F)c(F)c(F)c1C(=O)c1c(F)c(F)c(F)c(F)c12. The van der Waals surface area contributed by atoms with E-state index in [1.807, 2.05) is 0 Å². The Morgan fingerprint density at radius 3 is 1.03 bits per heavy atom. The predicted octanol–water partition coefficient (Wildman–Crippen LogP) is 5.36. The van der Waals surface area contributed by atoms with Crippen molar-refractivity contribution in [2.24, 2.45) is 0 Å². The zero-order chi connectivity index (χ0) is 26.8. The monoisotopic (exact) mass is 528 g/mol. The van der Waals surface area contributed by atoms with Crippen molar-refractivity contribution in [3.05, 3.63) is 103 Å². The van der Waals surface area contributed by atoms with Crippen molar-refractivity contribution in [1.29, 1.82) is 0 Å². The molecule has 1 spiro atoms. The van der Waals surface area contributed by atoms with E-state index in [1.165, 1.54) is 0 Å². The minimum absolute atomic E-state index is 2.01. The molecule has 3 aromatic rings. The Balaban J connectivity index is 2.17. The molecule has 2 aliphatic rings. The first-order valence-electron chi connectivity index (χ1n) is 9.08. The van der Waals surface area contributed by atoms with Gasteiger partial charge < -0.3 is 4.74 Å². The largest absolute Gasteiger partial charge is 0.440 e. The predicted molar refractivity (Wildman–Crippen MR) is 87.6 cm³/mol. The van der Waals surface area contributed by atoms with Gasteiger partial charge >= 0.3 is 5.97 Å². The van der Waals surface area contributed by atoms with Crippen LogP contribution in [0.2, 0.25) is 0 Å². The lowest BCUT2D eigenvalue weighted by Gasteiger charge is -2.37. The fraction of sp³-hybridized carbons (Fsp3) is 0.0476. The first-order chi connectivity index (χ1) is 16.7. The molecule has 0 atom stereocenters. The van der Waals surface area contributed by atoms with Crippen molar-refractivity contribution in [2.75, 3.05) is 0 Å². The van der Waals surface area contributed by atoms with E-state index in [4.69, 9.17) is 0 Å². The van der Waals surface area contributed by atoms with Crippen LogP contribution in [0.1, 0.15) is 43.0 Å². The van der Waals surface area contributed by atoms with Crippen molar-refractivity contribution in [1.82, 2.24) is 0 Å². The Morgan fingerprint density at radius 2 is 0.667 bits per heavy atom. The summed E-state index contributed by atoms with van der Waals surface area (Å²) in [6.45, 7) is 0. The van der Waals surface area contributed by atoms with Crippen LogP contribution in [-0.2, 0) is 10.3 Å². The van der Waals surface area contributed by atoms with Gasteiger partial charge in [0.25, 0.3) is 0 Å². The Morgan fingerprint density at radius 1 is 0.389 bits per heavy atom. The number of ketones is 1. The van der Waals surface area contributed by atoms with Gasteiger partial charge in [0, 0.05) is 0 Å². The van der Waals surface area contributed by atoms with Gasteiger partial charge in [-0.15, -0.1) is 0 Å². The average Bonchev–Trinajstić information content (AvgIpc) is 3.14. The molecule has 0 aromatic heterocycles. The quantitative estimate of drug-likeness (QED) is 0.171. The number of carbonyl (C=O) groups excluding carboxylic acids is 2. The van der Waals surface area contributed by atoms with Gasteiger partial charge in [-0.05, 0) is 0 Å². The Labute approximate surface area is 188 Å². The summed E-state index contributed by atoms with van der Waals surface area (Å²) in [6.07, 6.45) is 0. The molecule has 36 heavy (non-hydrogen) atoms. The van der Waals surface area contributed by atoms with Gasteiger partial charge in [0.15, 0.2) is 81.2 Å². The molecular weight excluding hydrogens is 528 g/mol. The second-order valence-corrected chi connectivity index (χ2v) is 7.42. The second kappa shape index (κ2) is 7.01. The molecule has 1 heterocycles. The highest BCUT2D eigenvalue weighted by atomic mass is 19.2. The third-order valence-corrected chi connectivity index (χ3v) is 5.76. The zero-order valence-electron chi connectivity index (χ0n) is 16.3. The van der Waals surface area contributed by atoms with Crippen LogP contribution in [0, 0.1) is 69.8 Å². The zero-order valence-corrected chi connectivity index (χ0v) is 16.3. The molecule has 15 heteroatoms. The van der Waals surface area contributed by atoms with Gasteiger partial charge in [0.1, 0.15) is 5.56 Å². The fourth-order valence-electron chi connectivity index (χ4n) is 4.35. The van der Waals surface area contributed by atoms with E-state index < -0.39 is 121 Å². The van der Waals surface area contributed by atoms with E-state index in [-0.39, 0.29) is 0 Å². The van der Waals surface area contributed by atoms with Crippen molar-refractivity contribution in [3.8, 4) is 0 Å². The molecule has 0 saturated carbocycles. The summed E-state index contributed by atoms with van der Waals surface area (Å²) in [5, 5.41) is 0. The number of halogens is 12. The van der Waals surface area contributed by atoms with E-state index in [9.17, 15) is 53.5 Å². The van der Waals surface area contributed by atoms with Crippen molar-refractivity contribution < 1.29 is 67.0 Å². The Bertz CT molecular complexity index is 1560. The lowest BCUT2D eigenvalue weighted by Crippen LogP contribution is -2.42. The standard InChI is InChI=1S/C21F12O3/c22-7-1-4(10(25)16(31)13(7)28)21(5-2(19(1)34)8(23)14(29)17(32)11(5)26)6-3(20(35)36-21)9(24)15(30)18(33)12(6)27. The normalized spacial score (nSPS) is 15.2. The van der Waals surface area contributed by atoms with Crippen LogP contribution in [0.4, 0.5) is 52.7 Å². The van der Waals surface area contributed by atoms with Gasteiger partial charge in [0.2, 0.25) is 0 Å². The maximum absolute atomic E-state index is 15.0. The van der Waals surface area contributed by atoms with Crippen LogP contribution < -0.4 is 0 Å². The lowest BCUT2D eigenvalue weighted by molar-refractivity contribution is 0.0198. The summed E-state index contributed by atoms with van der Waals surface area (Å²) in [5.74, 6) is -37.7. The summed E-state index contributed by atoms with van der Waals surface area (Å²) >= 11 is 0. The highest BCUT2D eigenvalue weighted by Gasteiger charge is 2.63. The summed E-state index contributed by atoms with van der Waals surface area (Å²) in [6, 6.07) is 0. The summed E-state index contributed by atoms with van der Waals surface area (Å²) in [5.41, 5.74) is -17.1. The number of carbonyl (C=O) groups is 2. The van der Waals surface area contributed by atoms with Gasteiger partial charge in [0.05, 0.1) is 27.8 Å². The molecule has 5 rings (SSSR count). The summed E-state index contributed by atoms with van der Waals surface area (Å²) < 4.78 is 178. The molecule has 3 aromatic carbocycles. The fourth-order valence-corrected chi connectivity index (χ4v) is 4.35. The van der Waals surface area contributed by atoms with Crippen LogP contribution in [0.5, 0.6) is 0 Å². The van der Waals surface area contributed by atoms with Crippen molar-refractivity contribution >= 4 is 11.8 Å². The number of rotatable bonds is 0. The molecule has 0 unspecified atom stereocenters. The molecular formula is C21F12O3. The average molecular weight is 528 g/mol. The summed E-state index contributed by atoms with van der Waals surface area (Å²) in [7, 11) is 0. The highest BCUT2D eigenvalue weighted by Crippen LogP contribution is 2.56. The van der Waals surface area contributed by atoms with Crippen molar-refractivity contribution in [2.45, 2.75) is 5.60 Å². The maximum Gasteiger partial charge on any atom is 0.343 e. The molecule has 0 N–H and O–H groups in total. The number of benzene rings is 3. The topological polar surface area (TPSA) is 43.4 Å². The lowest BCUT2D eigenvalue weighted by atomic mass is 9.69. The molecule has 3 nitrogen and oxygen atoms in total. The number of fused-ring (bicyclic) bond motifs is 6. The van der Waals surface area contributed by atoms with Crippen LogP contribution in [0.3, 0.4) is 0 Å². The molecule has 0 amide bonds. The number of esters is 1. The number of hydrogen-bond acceptors (Lipinski definition) is 3. The van der Waals surface area contributed by atoms with E-state index in [0.717, 1.165) is 0 Å². The minimum Gasteiger partial charge on any atom is -0.440 e. The van der Waals surface area contributed by atoms with Crippen LogP contribution >= 0.6 is 0 Å². The highest BCUT2D eigenvalue weighted by molar-refractivity contribution is 6.15. The third-order valence-electron chi connectivity index (χ3n) is 5.76. The molecule has 0 radical (unpaired) electrons. The maximum atomic E-state index is 15.0. The minimum atomic E-state index is -4.22. The van der Waals surface area contributed by atoms with Crippen molar-refractivity contribution in [3.63, 3.8) is 0 Å². The number of ether oxygens (including phenoxy) is 1. The van der Waals surface area contributed by atoms with E-state index in [2.05, 4.69) is 4.74 Å². The van der Waals surface area contributed by atoms with Gasteiger partial charge in [-0.3, -0.25) is 4.79 Å². The van der Waals surface area contributed by atoms with Crippen LogP contribution in [0.25, 0.3) is 0 Å². The van der Waals surface area contributed by atoms with Crippen LogP contribution in [-0.4, -0.2) is 11.8 Å². The van der Waals surface area contributed by atoms with Crippen LogP contribution in [0.15, 0.2) is 0 Å². The molecule has 1 aliphatic carbocycles. The molecule has 186 valence electrons. The Hall–Kier alpha value is -4.04. The molecule has 0 saturated heterocycles. The summed E-state index contributed by atoms with van der Waals surface area (Å²) in [4.78, 5) is 25.2. The van der Waals surface area contributed by atoms with Gasteiger partial charge in [-0.1, -0.05) is 0 Å². The molecule has 0 fully saturated rings. The van der Waals surface area contributed by atoms with E-state index in [0.29, 0.717) is 0 Å². The van der Waals surface area contributed by atoms with E-state index in [1.54, 1.807) is 0 Å². The number of hydrogen-bond donors (Lipinski definition) is 0. The molecule has 0 bridgehead atoms. The first-order valence-corrected chi connectivity index (χ1v) is 9.08. The van der Waals surface area contributed by atoms with Gasteiger partial charge in [-0.25, -0.2) is 57.5 Å².